The summed E-state index contributed by atoms with van der Waals surface area (Å²) in [5.74, 6) is 0.247. The first-order chi connectivity index (χ1) is 13.7. The second-order valence-corrected chi connectivity index (χ2v) is 10.2. The molecule has 0 atom stereocenters. The molecule has 0 saturated carbocycles. The third kappa shape index (κ3) is 3.28. The number of benzene rings is 1. The molecule has 3 aromatic rings. The zero-order valence-corrected chi connectivity index (χ0v) is 18.5. The van der Waals surface area contributed by atoms with Gasteiger partial charge in [-0.3, -0.25) is 0 Å². The molecule has 0 aliphatic rings. The Morgan fingerprint density at radius 2 is 1.28 bits per heavy atom. The van der Waals surface area contributed by atoms with Gasteiger partial charge in [-0.25, -0.2) is 0 Å². The van der Waals surface area contributed by atoms with E-state index in [0.717, 1.165) is 29.9 Å². The summed E-state index contributed by atoms with van der Waals surface area (Å²) >= 11 is 3.05. The maximum Gasteiger partial charge on any atom is 0.139 e. The molecule has 2 aromatic heterocycles. The molecule has 3 rings (SSSR count). The van der Waals surface area contributed by atoms with Crippen molar-refractivity contribution in [3.8, 4) is 24.3 Å². The predicted molar refractivity (Wildman–Crippen MR) is 119 cm³/mol. The molecule has 6 heteroatoms. The zero-order valence-electron chi connectivity index (χ0n) is 16.8. The molecule has 0 spiro atoms. The van der Waals surface area contributed by atoms with E-state index < -0.39 is 0 Å². The highest BCUT2D eigenvalue weighted by Crippen LogP contribution is 2.35. The monoisotopic (exact) mass is 414 g/mol. The van der Waals surface area contributed by atoms with E-state index in [0.29, 0.717) is 10.4 Å². The maximum atomic E-state index is 9.64. The van der Waals surface area contributed by atoms with Gasteiger partial charge >= 0.3 is 0 Å². The highest BCUT2D eigenvalue weighted by atomic mass is 32.1. The molecule has 2 heterocycles. The topological polar surface area (TPSA) is 95.2 Å². The van der Waals surface area contributed by atoms with Crippen molar-refractivity contribution in [2.75, 3.05) is 0 Å². The van der Waals surface area contributed by atoms with Crippen LogP contribution in [0.5, 0.6) is 0 Å². The lowest BCUT2D eigenvalue weighted by Crippen LogP contribution is -2.15. The molecule has 0 aliphatic heterocycles. The van der Waals surface area contributed by atoms with Gasteiger partial charge in [-0.15, -0.1) is 22.7 Å². The lowest BCUT2D eigenvalue weighted by Gasteiger charge is -2.14. The summed E-state index contributed by atoms with van der Waals surface area (Å²) in [6.07, 6.45) is 0. The Bertz CT molecular complexity index is 1320. The van der Waals surface area contributed by atoms with Crippen molar-refractivity contribution in [3.05, 3.63) is 32.3 Å². The van der Waals surface area contributed by atoms with Crippen LogP contribution in [-0.2, 0) is 5.41 Å². The van der Waals surface area contributed by atoms with Crippen molar-refractivity contribution in [3.63, 3.8) is 0 Å². The molecule has 0 fully saturated rings. The van der Waals surface area contributed by atoms with Gasteiger partial charge in [-0.2, -0.15) is 21.0 Å². The number of nitriles is 4. The van der Waals surface area contributed by atoms with Crippen LogP contribution in [0.25, 0.3) is 31.3 Å². The highest BCUT2D eigenvalue weighted by molar-refractivity contribution is 7.21. The van der Waals surface area contributed by atoms with Crippen molar-refractivity contribution in [1.82, 2.24) is 0 Å². The Balaban J connectivity index is 2.86. The fourth-order valence-corrected chi connectivity index (χ4v) is 5.79. The van der Waals surface area contributed by atoms with Gasteiger partial charge in [0.25, 0.3) is 0 Å². The molecule has 0 radical (unpaired) electrons. The first-order valence-electron chi connectivity index (χ1n) is 9.06. The Kier molecular flexibility index (Phi) is 5.21. The fourth-order valence-electron chi connectivity index (χ4n) is 3.22. The Hall–Kier alpha value is -3.16. The van der Waals surface area contributed by atoms with Gasteiger partial charge in [-0.05, 0) is 23.5 Å². The summed E-state index contributed by atoms with van der Waals surface area (Å²) in [6, 6.07) is 12.2. The molecule has 142 valence electrons. The standard InChI is InChI=1S/C23H18N4S2/c1-12(2)17-6-15-19(13(8-24)9-25)16-7-18(23(3,4)5)29-22(16)20(21(15)28-17)14(10-26)11-27/h6-7,12H,1-5H3. The lowest BCUT2D eigenvalue weighted by atomic mass is 9.93. The van der Waals surface area contributed by atoms with Gasteiger partial charge in [0, 0.05) is 40.4 Å². The van der Waals surface area contributed by atoms with Crippen molar-refractivity contribution >= 4 is 54.0 Å². The van der Waals surface area contributed by atoms with Gasteiger partial charge in [0.05, 0.1) is 0 Å². The van der Waals surface area contributed by atoms with E-state index in [1.54, 1.807) is 0 Å². The summed E-state index contributed by atoms with van der Waals surface area (Å²) in [7, 11) is 0. The predicted octanol–water partition coefficient (Wildman–Crippen LogP) is 4.93. The van der Waals surface area contributed by atoms with Gasteiger partial charge in [0.2, 0.25) is 0 Å². The Morgan fingerprint density at radius 1 is 0.793 bits per heavy atom. The van der Waals surface area contributed by atoms with E-state index in [-0.39, 0.29) is 22.5 Å². The molecule has 0 unspecified atom stereocenters. The van der Waals surface area contributed by atoms with Crippen molar-refractivity contribution in [2.45, 2.75) is 46.0 Å². The van der Waals surface area contributed by atoms with Crippen molar-refractivity contribution in [2.24, 2.45) is 0 Å². The van der Waals surface area contributed by atoms with Gasteiger partial charge < -0.3 is 0 Å². The van der Waals surface area contributed by atoms with Crippen LogP contribution in [0.4, 0.5) is 0 Å². The molecule has 0 N–H and O–H groups in total. The van der Waals surface area contributed by atoms with Crippen LogP contribution in [0, 0.1) is 45.3 Å². The smallest absolute Gasteiger partial charge is 0.139 e. The van der Waals surface area contributed by atoms with Crippen molar-refractivity contribution < 1.29 is 0 Å². The number of hydrogen-bond acceptors (Lipinski definition) is 6. The minimum atomic E-state index is -0.145. The zero-order chi connectivity index (χ0) is 21.5. The van der Waals surface area contributed by atoms with Crippen LogP contribution < -0.4 is 10.4 Å². The molecular weight excluding hydrogens is 396 g/mol. The summed E-state index contributed by atoms with van der Waals surface area (Å²) < 4.78 is 1.58. The van der Waals surface area contributed by atoms with Crippen molar-refractivity contribution in [1.29, 1.82) is 21.0 Å². The summed E-state index contributed by atoms with van der Waals surface area (Å²) in [6.45, 7) is 10.4. The van der Waals surface area contributed by atoms with Crippen LogP contribution in [0.3, 0.4) is 0 Å². The number of hydrogen-bond donors (Lipinski definition) is 0. The maximum absolute atomic E-state index is 9.64. The third-order valence-corrected chi connectivity index (χ3v) is 7.76. The number of nitrogens with zero attached hydrogens (tertiary/aromatic N) is 4. The molecular formula is C23H18N4S2. The second-order valence-electron chi connectivity index (χ2n) is 8.10. The molecule has 4 nitrogen and oxygen atoms in total. The number of rotatable bonds is 1. The van der Waals surface area contributed by atoms with E-state index in [4.69, 9.17) is 0 Å². The average Bonchev–Trinajstić information content (AvgIpc) is 3.29. The van der Waals surface area contributed by atoms with Crippen LogP contribution in [0.1, 0.15) is 50.3 Å². The molecule has 0 bridgehead atoms. The summed E-state index contributed by atoms with van der Waals surface area (Å²) in [4.78, 5) is 2.16. The van der Waals surface area contributed by atoms with E-state index in [1.807, 2.05) is 36.4 Å². The third-order valence-electron chi connectivity index (χ3n) is 4.73. The van der Waals surface area contributed by atoms with Gasteiger partial charge in [0.1, 0.15) is 35.4 Å². The normalized spacial score (nSPS) is 11.1. The van der Waals surface area contributed by atoms with E-state index >= 15 is 0 Å². The highest BCUT2D eigenvalue weighted by Gasteiger charge is 2.22. The largest absolute Gasteiger partial charge is 0.192 e. The van der Waals surface area contributed by atoms with Gasteiger partial charge in [-0.1, -0.05) is 34.6 Å². The minimum absolute atomic E-state index is 0.0494. The molecule has 1 aromatic carbocycles. The second kappa shape index (κ2) is 7.35. The fraction of sp³-hybridized carbons (Fsp3) is 0.304. The van der Waals surface area contributed by atoms with Crippen LogP contribution >= 0.6 is 22.7 Å². The lowest BCUT2D eigenvalue weighted by molar-refractivity contribution is 0.604. The number of thiophene rings is 2. The quantitative estimate of drug-likeness (QED) is 0.564. The summed E-state index contributed by atoms with van der Waals surface area (Å²) in [5, 5.41) is 41.3. The molecule has 0 aliphatic carbocycles. The SMILES string of the molecule is CC(C)c1cc2c(=C(C#N)C#N)c3cc(C(C)(C)C)sc3c(=C(C#N)C#N)c2s1. The van der Waals surface area contributed by atoms with E-state index in [9.17, 15) is 21.0 Å². The van der Waals surface area contributed by atoms with Crippen LogP contribution in [0.2, 0.25) is 0 Å². The molecule has 0 amide bonds. The Morgan fingerprint density at radius 3 is 1.76 bits per heavy atom. The van der Waals surface area contributed by atoms with E-state index in [2.05, 4.69) is 34.6 Å². The summed E-state index contributed by atoms with van der Waals surface area (Å²) in [5.41, 5.74) is -0.0388. The van der Waals surface area contributed by atoms with E-state index in [1.165, 1.54) is 22.7 Å². The average molecular weight is 415 g/mol. The first kappa shape index (κ1) is 20.6. The minimum Gasteiger partial charge on any atom is -0.192 e. The Labute approximate surface area is 177 Å². The van der Waals surface area contributed by atoms with Crippen LogP contribution in [-0.4, -0.2) is 0 Å². The van der Waals surface area contributed by atoms with Gasteiger partial charge in [0.15, 0.2) is 0 Å². The number of fused-ring (bicyclic) bond motifs is 2. The molecule has 29 heavy (non-hydrogen) atoms. The van der Waals surface area contributed by atoms with Crippen LogP contribution in [0.15, 0.2) is 12.1 Å². The molecule has 0 saturated heterocycles. The first-order valence-corrected chi connectivity index (χ1v) is 10.7.